The molecule has 1 nitrogen and oxygen atoms in total. The van der Waals surface area contributed by atoms with Gasteiger partial charge >= 0.3 is 0 Å². The molecule has 0 saturated carbocycles. The molecular formula is C8H11O. The zero-order chi connectivity index (χ0) is 6.74. The highest BCUT2D eigenvalue weighted by molar-refractivity contribution is 5.12. The lowest BCUT2D eigenvalue weighted by molar-refractivity contribution is 0.0501. The molecule has 0 amide bonds. The first-order valence-electron chi connectivity index (χ1n) is 3.07. The third-order valence-electron chi connectivity index (χ3n) is 1.59. The van der Waals surface area contributed by atoms with Gasteiger partial charge in [0.2, 0.25) is 0 Å². The second kappa shape index (κ2) is 2.36. The van der Waals surface area contributed by atoms with Crippen LogP contribution in [0.25, 0.3) is 0 Å². The van der Waals surface area contributed by atoms with Gasteiger partial charge in [-0.2, -0.15) is 0 Å². The van der Waals surface area contributed by atoms with Crippen LogP contribution in [0.15, 0.2) is 18.2 Å². The fraction of sp³-hybridized carbons (Fsp3) is 0.500. The van der Waals surface area contributed by atoms with E-state index in [1.165, 1.54) is 0 Å². The SMILES string of the molecule is CO[C@]1(C)C=[C]C=CC1. The summed E-state index contributed by atoms with van der Waals surface area (Å²) in [6, 6.07) is 0. The van der Waals surface area contributed by atoms with E-state index in [1.807, 2.05) is 19.1 Å². The molecular weight excluding hydrogens is 112 g/mol. The van der Waals surface area contributed by atoms with Crippen molar-refractivity contribution in [2.75, 3.05) is 7.11 Å². The van der Waals surface area contributed by atoms with E-state index < -0.39 is 0 Å². The van der Waals surface area contributed by atoms with Crippen LogP contribution >= 0.6 is 0 Å². The third-order valence-corrected chi connectivity index (χ3v) is 1.59. The highest BCUT2D eigenvalue weighted by atomic mass is 16.5. The minimum absolute atomic E-state index is 0.102. The van der Waals surface area contributed by atoms with Gasteiger partial charge < -0.3 is 4.74 Å². The predicted molar refractivity (Wildman–Crippen MR) is 37.0 cm³/mol. The summed E-state index contributed by atoms with van der Waals surface area (Å²) in [6.07, 6.45) is 9.88. The quantitative estimate of drug-likeness (QED) is 0.515. The minimum atomic E-state index is -0.102. The van der Waals surface area contributed by atoms with Crippen molar-refractivity contribution in [3.8, 4) is 0 Å². The third kappa shape index (κ3) is 1.42. The Hall–Kier alpha value is -0.560. The molecule has 1 atom stereocenters. The van der Waals surface area contributed by atoms with E-state index in [0.29, 0.717) is 0 Å². The number of ether oxygens (including phenoxy) is 1. The van der Waals surface area contributed by atoms with Crippen molar-refractivity contribution in [1.29, 1.82) is 0 Å². The molecule has 1 radical (unpaired) electrons. The van der Waals surface area contributed by atoms with E-state index in [0.717, 1.165) is 6.42 Å². The highest BCUT2D eigenvalue weighted by Crippen LogP contribution is 2.19. The summed E-state index contributed by atoms with van der Waals surface area (Å²) >= 11 is 0. The molecule has 0 unspecified atom stereocenters. The van der Waals surface area contributed by atoms with Crippen LogP contribution in [-0.2, 0) is 4.74 Å². The van der Waals surface area contributed by atoms with E-state index in [9.17, 15) is 0 Å². The molecule has 0 aliphatic heterocycles. The van der Waals surface area contributed by atoms with Crippen LogP contribution in [0.1, 0.15) is 13.3 Å². The Balaban J connectivity index is 2.63. The van der Waals surface area contributed by atoms with Gasteiger partial charge in [0.15, 0.2) is 0 Å². The second-order valence-corrected chi connectivity index (χ2v) is 2.43. The van der Waals surface area contributed by atoms with Gasteiger partial charge in [-0.15, -0.1) is 0 Å². The van der Waals surface area contributed by atoms with Crippen molar-refractivity contribution in [2.45, 2.75) is 18.9 Å². The van der Waals surface area contributed by atoms with Crippen molar-refractivity contribution < 1.29 is 4.74 Å². The first kappa shape index (κ1) is 6.56. The molecule has 0 heterocycles. The van der Waals surface area contributed by atoms with E-state index >= 15 is 0 Å². The van der Waals surface area contributed by atoms with Gasteiger partial charge in [-0.25, -0.2) is 0 Å². The second-order valence-electron chi connectivity index (χ2n) is 2.43. The molecule has 0 aromatic carbocycles. The number of hydrogen-bond acceptors (Lipinski definition) is 1. The van der Waals surface area contributed by atoms with E-state index in [4.69, 9.17) is 4.74 Å². The molecule has 0 fully saturated rings. The fourth-order valence-electron chi connectivity index (χ4n) is 0.787. The maximum Gasteiger partial charge on any atom is 0.0873 e. The molecule has 1 aliphatic rings. The first-order chi connectivity index (χ1) is 4.27. The summed E-state index contributed by atoms with van der Waals surface area (Å²) < 4.78 is 5.21. The van der Waals surface area contributed by atoms with Crippen LogP contribution in [-0.4, -0.2) is 12.7 Å². The summed E-state index contributed by atoms with van der Waals surface area (Å²) in [5, 5.41) is 0. The van der Waals surface area contributed by atoms with Gasteiger partial charge in [-0.1, -0.05) is 12.2 Å². The summed E-state index contributed by atoms with van der Waals surface area (Å²) in [7, 11) is 1.72. The van der Waals surface area contributed by atoms with Gasteiger partial charge in [0, 0.05) is 7.11 Å². The van der Waals surface area contributed by atoms with Crippen LogP contribution in [0.3, 0.4) is 0 Å². The Morgan fingerprint density at radius 1 is 1.67 bits per heavy atom. The smallest absolute Gasteiger partial charge is 0.0873 e. The number of hydrogen-bond donors (Lipinski definition) is 0. The Bertz CT molecular complexity index is 147. The zero-order valence-electron chi connectivity index (χ0n) is 5.85. The van der Waals surface area contributed by atoms with Crippen LogP contribution in [0.2, 0.25) is 0 Å². The summed E-state index contributed by atoms with van der Waals surface area (Å²) in [6.45, 7) is 2.05. The average Bonchev–Trinajstić information content (AvgIpc) is 1.90. The van der Waals surface area contributed by atoms with Gasteiger partial charge in [0.1, 0.15) is 0 Å². The molecule has 1 heteroatoms. The monoisotopic (exact) mass is 123 g/mol. The lowest BCUT2D eigenvalue weighted by Gasteiger charge is -2.23. The van der Waals surface area contributed by atoms with Gasteiger partial charge in [-0.3, -0.25) is 0 Å². The summed E-state index contributed by atoms with van der Waals surface area (Å²) in [5.41, 5.74) is -0.102. The predicted octanol–water partition coefficient (Wildman–Crippen LogP) is 1.71. The Kier molecular flexibility index (Phi) is 1.72. The molecule has 9 heavy (non-hydrogen) atoms. The van der Waals surface area contributed by atoms with Crippen molar-refractivity contribution in [3.63, 3.8) is 0 Å². The molecule has 0 spiro atoms. The molecule has 1 aliphatic carbocycles. The van der Waals surface area contributed by atoms with Crippen LogP contribution in [0, 0.1) is 6.08 Å². The zero-order valence-corrected chi connectivity index (χ0v) is 5.85. The van der Waals surface area contributed by atoms with E-state index in [2.05, 4.69) is 12.2 Å². The lowest BCUT2D eigenvalue weighted by Crippen LogP contribution is -2.24. The Morgan fingerprint density at radius 3 is 2.78 bits per heavy atom. The molecule has 49 valence electrons. The standard InChI is InChI=1S/C8H11O/c1-8(9-2)6-4-3-5-7-8/h3-4,7H,6H2,1-2H3/t8-/m0/s1. The van der Waals surface area contributed by atoms with Crippen LogP contribution < -0.4 is 0 Å². The maximum absolute atomic E-state index is 5.21. The number of rotatable bonds is 1. The minimum Gasteiger partial charge on any atom is -0.374 e. The molecule has 0 saturated heterocycles. The molecule has 0 N–H and O–H groups in total. The number of methoxy groups -OCH3 is 1. The highest BCUT2D eigenvalue weighted by Gasteiger charge is 2.18. The van der Waals surface area contributed by atoms with E-state index in [-0.39, 0.29) is 5.60 Å². The Labute approximate surface area is 56.0 Å². The first-order valence-corrected chi connectivity index (χ1v) is 3.07. The van der Waals surface area contributed by atoms with Gasteiger partial charge in [0.05, 0.1) is 5.60 Å². The Morgan fingerprint density at radius 2 is 2.44 bits per heavy atom. The fourth-order valence-corrected chi connectivity index (χ4v) is 0.787. The topological polar surface area (TPSA) is 9.23 Å². The van der Waals surface area contributed by atoms with Gasteiger partial charge in [-0.05, 0) is 25.5 Å². The maximum atomic E-state index is 5.21. The van der Waals surface area contributed by atoms with Gasteiger partial charge in [0.25, 0.3) is 0 Å². The normalized spacial score (nSPS) is 33.1. The van der Waals surface area contributed by atoms with Crippen molar-refractivity contribution in [1.82, 2.24) is 0 Å². The van der Waals surface area contributed by atoms with Crippen LogP contribution in [0.4, 0.5) is 0 Å². The van der Waals surface area contributed by atoms with Crippen molar-refractivity contribution >= 4 is 0 Å². The van der Waals surface area contributed by atoms with E-state index in [1.54, 1.807) is 7.11 Å². The largest absolute Gasteiger partial charge is 0.374 e. The van der Waals surface area contributed by atoms with Crippen molar-refractivity contribution in [2.24, 2.45) is 0 Å². The number of allylic oxidation sites excluding steroid dienone is 2. The molecule has 0 bridgehead atoms. The molecule has 0 aromatic heterocycles. The molecule has 1 rings (SSSR count). The summed E-state index contributed by atoms with van der Waals surface area (Å²) in [5.74, 6) is 0. The lowest BCUT2D eigenvalue weighted by atomic mass is 9.98. The molecule has 0 aromatic rings. The van der Waals surface area contributed by atoms with Crippen LogP contribution in [0.5, 0.6) is 0 Å². The average molecular weight is 123 g/mol. The summed E-state index contributed by atoms with van der Waals surface area (Å²) in [4.78, 5) is 0. The van der Waals surface area contributed by atoms with Crippen molar-refractivity contribution in [3.05, 3.63) is 24.3 Å².